The van der Waals surface area contributed by atoms with Crippen LogP contribution in [0.1, 0.15) is 43.0 Å². The van der Waals surface area contributed by atoms with Gasteiger partial charge >= 0.3 is 0 Å². The molecule has 0 heterocycles. The predicted molar refractivity (Wildman–Crippen MR) is 103 cm³/mol. The highest BCUT2D eigenvalue weighted by Gasteiger charge is 2.13. The molecule has 1 amide bonds. The molecule has 0 bridgehead atoms. The van der Waals surface area contributed by atoms with Crippen LogP contribution >= 0.6 is 0 Å². The van der Waals surface area contributed by atoms with Gasteiger partial charge in [0.15, 0.2) is 0 Å². The highest BCUT2D eigenvalue weighted by Crippen LogP contribution is 2.23. The molecule has 1 N–H and O–H groups in total. The number of aryl methyl sites for hydroxylation is 2. The first-order chi connectivity index (χ1) is 11.7. The van der Waals surface area contributed by atoms with Crippen molar-refractivity contribution in [3.05, 3.63) is 70.3 Å². The molecule has 3 heteroatoms. The molecule has 0 aliphatic heterocycles. The second-order valence-electron chi connectivity index (χ2n) is 7.29. The van der Waals surface area contributed by atoms with Gasteiger partial charge in [0, 0.05) is 5.69 Å². The van der Waals surface area contributed by atoms with E-state index in [2.05, 4.69) is 26.1 Å². The van der Waals surface area contributed by atoms with Gasteiger partial charge in [-0.3, -0.25) is 4.79 Å². The van der Waals surface area contributed by atoms with Crippen molar-refractivity contribution in [2.75, 3.05) is 5.32 Å². The molecule has 2 rings (SSSR count). The van der Waals surface area contributed by atoms with Gasteiger partial charge in [0.2, 0.25) is 0 Å². The van der Waals surface area contributed by atoms with Crippen molar-refractivity contribution in [3.8, 4) is 6.07 Å². The Morgan fingerprint density at radius 3 is 2.20 bits per heavy atom. The van der Waals surface area contributed by atoms with Crippen LogP contribution in [-0.4, -0.2) is 5.91 Å². The maximum absolute atomic E-state index is 12.4. The SMILES string of the molecule is Cc1ccc(NC(=O)C(C#N)=Cc2ccc(C(C)(C)C)cc2)cc1C. The van der Waals surface area contributed by atoms with E-state index in [-0.39, 0.29) is 11.0 Å². The standard InChI is InChI=1S/C22H24N2O/c1-15-6-11-20(12-16(15)2)24-21(25)18(14-23)13-17-7-9-19(10-8-17)22(3,4)5/h6-13H,1-5H3,(H,24,25). The van der Waals surface area contributed by atoms with Crippen molar-refractivity contribution < 1.29 is 4.79 Å². The van der Waals surface area contributed by atoms with Crippen LogP contribution in [0.3, 0.4) is 0 Å². The van der Waals surface area contributed by atoms with Gasteiger partial charge in [0.1, 0.15) is 11.6 Å². The molecule has 3 nitrogen and oxygen atoms in total. The monoisotopic (exact) mass is 332 g/mol. The van der Waals surface area contributed by atoms with E-state index in [1.807, 2.05) is 62.4 Å². The number of benzene rings is 2. The summed E-state index contributed by atoms with van der Waals surface area (Å²) in [5, 5.41) is 12.1. The highest BCUT2D eigenvalue weighted by atomic mass is 16.1. The summed E-state index contributed by atoms with van der Waals surface area (Å²) in [5.74, 6) is -0.398. The first-order valence-electron chi connectivity index (χ1n) is 8.31. The summed E-state index contributed by atoms with van der Waals surface area (Å²) in [6.07, 6.45) is 1.61. The second kappa shape index (κ2) is 7.36. The third kappa shape index (κ3) is 4.81. The largest absolute Gasteiger partial charge is 0.321 e. The molecule has 2 aromatic carbocycles. The Bertz CT molecular complexity index is 847. The van der Waals surface area contributed by atoms with Crippen LogP contribution in [0.2, 0.25) is 0 Å². The number of carbonyl (C=O) groups is 1. The molecule has 0 aliphatic rings. The zero-order valence-electron chi connectivity index (χ0n) is 15.5. The fraction of sp³-hybridized carbons (Fsp3) is 0.273. The summed E-state index contributed by atoms with van der Waals surface area (Å²) < 4.78 is 0. The molecule has 0 atom stereocenters. The zero-order valence-corrected chi connectivity index (χ0v) is 15.5. The molecule has 128 valence electrons. The molecule has 0 saturated carbocycles. The fourth-order valence-electron chi connectivity index (χ4n) is 2.41. The van der Waals surface area contributed by atoms with Gasteiger partial charge in [-0.1, -0.05) is 51.1 Å². The van der Waals surface area contributed by atoms with Crippen molar-refractivity contribution in [1.29, 1.82) is 5.26 Å². The van der Waals surface area contributed by atoms with Crippen molar-refractivity contribution in [1.82, 2.24) is 0 Å². The Hall–Kier alpha value is -2.86. The molecule has 0 spiro atoms. The number of nitrogens with one attached hydrogen (secondary N) is 1. The molecule has 2 aromatic rings. The van der Waals surface area contributed by atoms with E-state index < -0.39 is 5.91 Å². The number of nitrogens with zero attached hydrogens (tertiary/aromatic N) is 1. The fourth-order valence-corrected chi connectivity index (χ4v) is 2.41. The number of carbonyl (C=O) groups excluding carboxylic acids is 1. The first kappa shape index (κ1) is 18.5. The lowest BCUT2D eigenvalue weighted by molar-refractivity contribution is -0.112. The summed E-state index contributed by atoms with van der Waals surface area (Å²) in [6.45, 7) is 10.5. The Morgan fingerprint density at radius 2 is 1.68 bits per heavy atom. The molecule has 0 saturated heterocycles. The number of hydrogen-bond acceptors (Lipinski definition) is 2. The highest BCUT2D eigenvalue weighted by molar-refractivity contribution is 6.09. The van der Waals surface area contributed by atoms with Gasteiger partial charge in [-0.15, -0.1) is 0 Å². The average Bonchev–Trinajstić information content (AvgIpc) is 2.55. The Balaban J connectivity index is 2.20. The van der Waals surface area contributed by atoms with Gasteiger partial charge in [0.05, 0.1) is 0 Å². The summed E-state index contributed by atoms with van der Waals surface area (Å²) in [5.41, 5.74) is 5.15. The number of rotatable bonds is 3. The third-order valence-corrected chi connectivity index (χ3v) is 4.22. The van der Waals surface area contributed by atoms with Crippen molar-refractivity contribution in [2.24, 2.45) is 0 Å². The normalized spacial score (nSPS) is 11.8. The minimum Gasteiger partial charge on any atom is -0.321 e. The molecule has 0 unspecified atom stereocenters. The van der Waals surface area contributed by atoms with Gasteiger partial charge < -0.3 is 5.32 Å². The summed E-state index contributed by atoms with van der Waals surface area (Å²) >= 11 is 0. The maximum Gasteiger partial charge on any atom is 0.266 e. The van der Waals surface area contributed by atoms with E-state index >= 15 is 0 Å². The van der Waals surface area contributed by atoms with Gasteiger partial charge in [-0.05, 0) is 59.7 Å². The van der Waals surface area contributed by atoms with Gasteiger partial charge in [0.25, 0.3) is 5.91 Å². The predicted octanol–water partition coefficient (Wildman–Crippen LogP) is 5.15. The quantitative estimate of drug-likeness (QED) is 0.624. The van der Waals surface area contributed by atoms with Crippen LogP contribution in [0.15, 0.2) is 48.0 Å². The molecular formula is C22H24N2O. The van der Waals surface area contributed by atoms with E-state index in [9.17, 15) is 10.1 Å². The smallest absolute Gasteiger partial charge is 0.266 e. The minimum atomic E-state index is -0.398. The van der Waals surface area contributed by atoms with Crippen LogP contribution in [0.5, 0.6) is 0 Å². The average molecular weight is 332 g/mol. The van der Waals surface area contributed by atoms with Crippen molar-refractivity contribution >= 4 is 17.7 Å². The minimum absolute atomic E-state index is 0.0704. The van der Waals surface area contributed by atoms with Crippen LogP contribution in [0, 0.1) is 25.2 Å². The second-order valence-corrected chi connectivity index (χ2v) is 7.29. The van der Waals surface area contributed by atoms with E-state index in [4.69, 9.17) is 0 Å². The summed E-state index contributed by atoms with van der Waals surface area (Å²) in [7, 11) is 0. The number of hydrogen-bond donors (Lipinski definition) is 1. The molecule has 0 aromatic heterocycles. The number of anilines is 1. The van der Waals surface area contributed by atoms with Crippen molar-refractivity contribution in [3.63, 3.8) is 0 Å². The lowest BCUT2D eigenvalue weighted by Crippen LogP contribution is -2.13. The lowest BCUT2D eigenvalue weighted by atomic mass is 9.86. The molecule has 0 aliphatic carbocycles. The van der Waals surface area contributed by atoms with Crippen molar-refractivity contribution in [2.45, 2.75) is 40.0 Å². The van der Waals surface area contributed by atoms with E-state index in [1.165, 1.54) is 5.56 Å². The first-order valence-corrected chi connectivity index (χ1v) is 8.31. The topological polar surface area (TPSA) is 52.9 Å². The number of nitriles is 1. The lowest BCUT2D eigenvalue weighted by Gasteiger charge is -2.18. The molecule has 0 fully saturated rings. The van der Waals surface area contributed by atoms with E-state index in [0.717, 1.165) is 16.7 Å². The Labute approximate surface area is 150 Å². The maximum atomic E-state index is 12.4. The molecular weight excluding hydrogens is 308 g/mol. The zero-order chi connectivity index (χ0) is 18.6. The van der Waals surface area contributed by atoms with E-state index in [0.29, 0.717) is 5.69 Å². The van der Waals surface area contributed by atoms with Crippen LogP contribution in [0.25, 0.3) is 6.08 Å². The summed E-state index contributed by atoms with van der Waals surface area (Å²) in [4.78, 5) is 12.4. The Morgan fingerprint density at radius 1 is 1.04 bits per heavy atom. The number of amides is 1. The Kier molecular flexibility index (Phi) is 5.44. The summed E-state index contributed by atoms with van der Waals surface area (Å²) in [6, 6.07) is 15.6. The van der Waals surface area contributed by atoms with Crippen LogP contribution in [0.4, 0.5) is 5.69 Å². The van der Waals surface area contributed by atoms with E-state index in [1.54, 1.807) is 6.08 Å². The van der Waals surface area contributed by atoms with Gasteiger partial charge in [-0.2, -0.15) is 5.26 Å². The molecule has 0 radical (unpaired) electrons. The third-order valence-electron chi connectivity index (χ3n) is 4.22. The van der Waals surface area contributed by atoms with Crippen LogP contribution < -0.4 is 5.32 Å². The molecule has 25 heavy (non-hydrogen) atoms. The van der Waals surface area contributed by atoms with Gasteiger partial charge in [-0.25, -0.2) is 0 Å². The van der Waals surface area contributed by atoms with Crippen LogP contribution in [-0.2, 0) is 10.2 Å².